The summed E-state index contributed by atoms with van der Waals surface area (Å²) in [4.78, 5) is 11.7. The van der Waals surface area contributed by atoms with Gasteiger partial charge in [-0.25, -0.2) is 0 Å². The third-order valence-electron chi connectivity index (χ3n) is 2.32. The maximum absolute atomic E-state index is 11.7. The van der Waals surface area contributed by atoms with Crippen molar-refractivity contribution in [2.45, 2.75) is 6.04 Å². The van der Waals surface area contributed by atoms with Gasteiger partial charge in [-0.2, -0.15) is 0 Å². The van der Waals surface area contributed by atoms with E-state index in [1.54, 1.807) is 12.1 Å². The number of amides is 1. The minimum atomic E-state index is -0.230. The summed E-state index contributed by atoms with van der Waals surface area (Å²) in [6.45, 7) is 1.59. The van der Waals surface area contributed by atoms with Gasteiger partial charge in [0.15, 0.2) is 0 Å². The second kappa shape index (κ2) is 4.20. The van der Waals surface area contributed by atoms with E-state index in [4.69, 9.17) is 0 Å². The maximum Gasteiger partial charge on any atom is 0.255 e. The summed E-state index contributed by atoms with van der Waals surface area (Å²) in [5, 5.41) is 15.4. The van der Waals surface area contributed by atoms with Crippen molar-refractivity contribution < 1.29 is 9.90 Å². The molecule has 4 nitrogen and oxygen atoms in total. The van der Waals surface area contributed by atoms with Crippen molar-refractivity contribution in [2.75, 3.05) is 13.1 Å². The molecule has 1 aliphatic heterocycles. The van der Waals surface area contributed by atoms with E-state index in [1.165, 1.54) is 6.07 Å². The Labute approximate surface area is 95.8 Å². The van der Waals surface area contributed by atoms with Crippen LogP contribution in [0.15, 0.2) is 22.7 Å². The van der Waals surface area contributed by atoms with Crippen molar-refractivity contribution in [1.82, 2.24) is 10.6 Å². The number of carbonyl (C=O) groups excluding carboxylic acids is 1. The van der Waals surface area contributed by atoms with E-state index in [-0.39, 0.29) is 17.7 Å². The molecule has 5 heteroatoms. The van der Waals surface area contributed by atoms with Crippen LogP contribution in [0.25, 0.3) is 0 Å². The van der Waals surface area contributed by atoms with Gasteiger partial charge < -0.3 is 15.7 Å². The normalized spacial score (nSPS) is 15.8. The van der Waals surface area contributed by atoms with E-state index in [2.05, 4.69) is 26.6 Å². The van der Waals surface area contributed by atoms with E-state index < -0.39 is 0 Å². The molecular weight excluding hydrogens is 260 g/mol. The summed E-state index contributed by atoms with van der Waals surface area (Å²) in [5.74, 6) is -0.236. The molecule has 3 N–H and O–H groups in total. The summed E-state index contributed by atoms with van der Waals surface area (Å²) in [6, 6.07) is 5.02. The lowest BCUT2D eigenvalue weighted by molar-refractivity contribution is 0.0921. The molecule has 1 aromatic rings. The van der Waals surface area contributed by atoms with E-state index in [0.717, 1.165) is 17.6 Å². The first kappa shape index (κ1) is 10.4. The molecule has 0 spiro atoms. The van der Waals surface area contributed by atoms with Gasteiger partial charge >= 0.3 is 0 Å². The standard InChI is InChI=1S/C10H11BrN2O2/c11-6-1-2-8(9(14)3-6)10(15)13-7-4-12-5-7/h1-3,7,12,14H,4-5H2,(H,13,15). The highest BCUT2D eigenvalue weighted by Gasteiger charge is 2.20. The molecule has 0 unspecified atom stereocenters. The Morgan fingerprint density at radius 2 is 2.27 bits per heavy atom. The Kier molecular flexibility index (Phi) is 2.93. The van der Waals surface area contributed by atoms with Gasteiger partial charge in [0, 0.05) is 17.6 Å². The lowest BCUT2D eigenvalue weighted by Gasteiger charge is -2.28. The molecule has 0 aliphatic carbocycles. The average Bonchev–Trinajstić information content (AvgIpc) is 2.11. The number of halogens is 1. The fraction of sp³-hybridized carbons (Fsp3) is 0.300. The molecule has 0 saturated carbocycles. The predicted molar refractivity (Wildman–Crippen MR) is 59.9 cm³/mol. The molecule has 0 bridgehead atoms. The molecule has 15 heavy (non-hydrogen) atoms. The highest BCUT2D eigenvalue weighted by atomic mass is 79.9. The topological polar surface area (TPSA) is 61.4 Å². The number of carbonyl (C=O) groups is 1. The first-order valence-electron chi connectivity index (χ1n) is 4.67. The fourth-order valence-corrected chi connectivity index (χ4v) is 1.70. The van der Waals surface area contributed by atoms with Crippen LogP contribution in [0.1, 0.15) is 10.4 Å². The van der Waals surface area contributed by atoms with Crippen molar-refractivity contribution in [1.29, 1.82) is 0 Å². The molecule has 1 heterocycles. The molecule has 1 aromatic carbocycles. The van der Waals surface area contributed by atoms with Gasteiger partial charge in [0.25, 0.3) is 5.91 Å². The Morgan fingerprint density at radius 1 is 1.53 bits per heavy atom. The molecule has 1 fully saturated rings. The molecule has 2 rings (SSSR count). The van der Waals surface area contributed by atoms with Crippen LogP contribution in [0.5, 0.6) is 5.75 Å². The molecule has 0 atom stereocenters. The van der Waals surface area contributed by atoms with Gasteiger partial charge in [0.05, 0.1) is 11.6 Å². The molecule has 1 amide bonds. The number of phenolic OH excluding ortho intramolecular Hbond substituents is 1. The highest BCUT2D eigenvalue weighted by Crippen LogP contribution is 2.22. The van der Waals surface area contributed by atoms with Gasteiger partial charge in [-0.3, -0.25) is 4.79 Å². The van der Waals surface area contributed by atoms with Gasteiger partial charge in [0.2, 0.25) is 0 Å². The quantitative estimate of drug-likeness (QED) is 0.747. The summed E-state index contributed by atoms with van der Waals surface area (Å²) in [7, 11) is 0. The third kappa shape index (κ3) is 2.30. The van der Waals surface area contributed by atoms with Gasteiger partial charge in [-0.05, 0) is 18.2 Å². The number of nitrogens with one attached hydrogen (secondary N) is 2. The summed E-state index contributed by atoms with van der Waals surface area (Å²) in [5.41, 5.74) is 0.310. The number of hydrogen-bond acceptors (Lipinski definition) is 3. The lowest BCUT2D eigenvalue weighted by Crippen LogP contribution is -2.56. The lowest BCUT2D eigenvalue weighted by atomic mass is 10.1. The van der Waals surface area contributed by atoms with Crippen LogP contribution in [-0.4, -0.2) is 30.1 Å². The molecule has 80 valence electrons. The van der Waals surface area contributed by atoms with Gasteiger partial charge in [0.1, 0.15) is 5.75 Å². The predicted octanol–water partition coefficient (Wildman–Crippen LogP) is 0.856. The Bertz CT molecular complexity index is 391. The average molecular weight is 271 g/mol. The van der Waals surface area contributed by atoms with Crippen LogP contribution in [0.2, 0.25) is 0 Å². The van der Waals surface area contributed by atoms with Crippen molar-refractivity contribution in [2.24, 2.45) is 0 Å². The van der Waals surface area contributed by atoms with Gasteiger partial charge in [-0.1, -0.05) is 15.9 Å². The van der Waals surface area contributed by atoms with Crippen LogP contribution >= 0.6 is 15.9 Å². The first-order chi connectivity index (χ1) is 7.16. The molecule has 0 aromatic heterocycles. The van der Waals surface area contributed by atoms with E-state index >= 15 is 0 Å². The molecule has 1 aliphatic rings. The second-order valence-corrected chi connectivity index (χ2v) is 4.41. The van der Waals surface area contributed by atoms with Gasteiger partial charge in [-0.15, -0.1) is 0 Å². The van der Waals surface area contributed by atoms with E-state index in [9.17, 15) is 9.90 Å². The summed E-state index contributed by atoms with van der Waals surface area (Å²) in [6.07, 6.45) is 0. The third-order valence-corrected chi connectivity index (χ3v) is 2.81. The SMILES string of the molecule is O=C(NC1CNC1)c1ccc(Br)cc1O. The van der Waals surface area contributed by atoms with Crippen molar-refractivity contribution >= 4 is 21.8 Å². The number of aromatic hydroxyl groups is 1. The minimum Gasteiger partial charge on any atom is -0.507 e. The zero-order valence-corrected chi connectivity index (χ0v) is 9.54. The number of rotatable bonds is 2. The second-order valence-electron chi connectivity index (χ2n) is 3.49. The highest BCUT2D eigenvalue weighted by molar-refractivity contribution is 9.10. The number of phenols is 1. The zero-order chi connectivity index (χ0) is 10.8. The van der Waals surface area contributed by atoms with Crippen LogP contribution in [-0.2, 0) is 0 Å². The van der Waals surface area contributed by atoms with Crippen LogP contribution < -0.4 is 10.6 Å². The van der Waals surface area contributed by atoms with Crippen molar-refractivity contribution in [3.05, 3.63) is 28.2 Å². The zero-order valence-electron chi connectivity index (χ0n) is 7.96. The van der Waals surface area contributed by atoms with Crippen molar-refractivity contribution in [3.8, 4) is 5.75 Å². The van der Waals surface area contributed by atoms with Crippen LogP contribution in [0.4, 0.5) is 0 Å². The minimum absolute atomic E-state index is 0.00541. The Morgan fingerprint density at radius 3 is 2.80 bits per heavy atom. The Balaban J connectivity index is 2.10. The van der Waals surface area contributed by atoms with Crippen LogP contribution in [0, 0.1) is 0 Å². The largest absolute Gasteiger partial charge is 0.507 e. The monoisotopic (exact) mass is 270 g/mol. The smallest absolute Gasteiger partial charge is 0.255 e. The van der Waals surface area contributed by atoms with E-state index in [0.29, 0.717) is 5.56 Å². The first-order valence-corrected chi connectivity index (χ1v) is 5.46. The number of hydrogen-bond donors (Lipinski definition) is 3. The molecular formula is C10H11BrN2O2. The van der Waals surface area contributed by atoms with Crippen molar-refractivity contribution in [3.63, 3.8) is 0 Å². The maximum atomic E-state index is 11.7. The molecule has 0 radical (unpaired) electrons. The van der Waals surface area contributed by atoms with E-state index in [1.807, 2.05) is 0 Å². The summed E-state index contributed by atoms with van der Waals surface area (Å²) < 4.78 is 0.752. The van der Waals surface area contributed by atoms with Crippen LogP contribution in [0.3, 0.4) is 0 Å². The summed E-state index contributed by atoms with van der Waals surface area (Å²) >= 11 is 3.22. The fourth-order valence-electron chi connectivity index (χ4n) is 1.35. The number of benzene rings is 1. The Hall–Kier alpha value is -1.07. The molecule has 1 saturated heterocycles.